The largest absolute Gasteiger partial charge is 0.485 e. The maximum Gasteiger partial charge on any atom is 0.172 e. The number of aryl methyl sites for hydroxylation is 1. The van der Waals surface area contributed by atoms with Crippen molar-refractivity contribution in [2.45, 2.75) is 31.9 Å². The van der Waals surface area contributed by atoms with Gasteiger partial charge in [-0.25, -0.2) is 9.37 Å². The van der Waals surface area contributed by atoms with Gasteiger partial charge in [-0.05, 0) is 66.8 Å². The van der Waals surface area contributed by atoms with Crippen LogP contribution >= 0.6 is 0 Å². The summed E-state index contributed by atoms with van der Waals surface area (Å²) in [5.74, 6) is 1.21. The van der Waals surface area contributed by atoms with E-state index in [1.54, 1.807) is 12.1 Å². The van der Waals surface area contributed by atoms with Crippen LogP contribution in [0.25, 0.3) is 11.8 Å². The molecule has 1 aromatic heterocycles. The lowest BCUT2D eigenvalue weighted by molar-refractivity contribution is -0.0383. The summed E-state index contributed by atoms with van der Waals surface area (Å²) in [4.78, 5) is 12.2. The number of hydrogen-bond donors (Lipinski definition) is 1. The Kier molecular flexibility index (Phi) is 4.91. The number of aliphatic hydroxyl groups is 1. The molecule has 4 heterocycles. The maximum atomic E-state index is 13.6. The topological polar surface area (TPSA) is 72.1 Å². The summed E-state index contributed by atoms with van der Waals surface area (Å²) in [7, 11) is 0. The molecule has 7 nitrogen and oxygen atoms in total. The van der Waals surface area contributed by atoms with Crippen LogP contribution in [0.5, 0.6) is 5.75 Å². The normalized spacial score (nSPS) is 22.3. The predicted octanol–water partition coefficient (Wildman–Crippen LogP) is 3.92. The number of aromatic nitrogens is 2. The van der Waals surface area contributed by atoms with Crippen molar-refractivity contribution in [1.29, 1.82) is 0 Å². The van der Waals surface area contributed by atoms with Crippen molar-refractivity contribution in [2.75, 3.05) is 19.8 Å². The van der Waals surface area contributed by atoms with Crippen LogP contribution in [-0.2, 0) is 17.0 Å². The molecule has 1 N–H and O–H groups in total. The first kappa shape index (κ1) is 20.9. The van der Waals surface area contributed by atoms with Gasteiger partial charge in [-0.1, -0.05) is 23.4 Å². The number of oxime groups is 1. The summed E-state index contributed by atoms with van der Waals surface area (Å²) in [5, 5.41) is 14.9. The molecule has 3 aromatic rings. The molecule has 8 heteroatoms. The Hall–Kier alpha value is -3.65. The first-order valence-corrected chi connectivity index (χ1v) is 11.4. The van der Waals surface area contributed by atoms with E-state index in [0.29, 0.717) is 12.4 Å². The standard InChI is InChI=1S/C26H25FN4O3/c1-17-23-13-33-24-12-18(4-9-22(24)30(23)16-28-17)11-19-3-2-10-31-25(19)29-34-15-26(31,14-32)20-5-7-21(27)8-6-20/h4-9,11-12,16,32H,2-3,10,13-15H2,1H3/b19-11+/t26-/m1/s1. The molecule has 3 aliphatic rings. The molecule has 0 saturated carbocycles. The summed E-state index contributed by atoms with van der Waals surface area (Å²) in [5.41, 5.74) is 5.04. The van der Waals surface area contributed by atoms with E-state index in [9.17, 15) is 9.50 Å². The number of hydrogen-bond acceptors (Lipinski definition) is 6. The molecule has 0 radical (unpaired) electrons. The number of halogens is 1. The molecule has 0 unspecified atom stereocenters. The molecule has 0 bridgehead atoms. The van der Waals surface area contributed by atoms with Crippen LogP contribution in [0.15, 0.2) is 59.5 Å². The number of piperidine rings is 1. The van der Waals surface area contributed by atoms with E-state index in [2.05, 4.69) is 31.7 Å². The smallest absolute Gasteiger partial charge is 0.172 e. The third-order valence-electron chi connectivity index (χ3n) is 7.01. The first-order chi connectivity index (χ1) is 16.6. The maximum absolute atomic E-state index is 13.6. The van der Waals surface area contributed by atoms with E-state index < -0.39 is 5.54 Å². The van der Waals surface area contributed by atoms with Crippen LogP contribution in [0.2, 0.25) is 0 Å². The molecule has 0 amide bonds. The summed E-state index contributed by atoms with van der Waals surface area (Å²) in [6.07, 6.45) is 5.69. The Morgan fingerprint density at radius 3 is 2.88 bits per heavy atom. The predicted molar refractivity (Wildman–Crippen MR) is 125 cm³/mol. The number of ether oxygens (including phenoxy) is 1. The highest BCUT2D eigenvalue weighted by atomic mass is 19.1. The van der Waals surface area contributed by atoms with E-state index >= 15 is 0 Å². The Bertz CT molecular complexity index is 1310. The Morgan fingerprint density at radius 1 is 1.21 bits per heavy atom. The lowest BCUT2D eigenvalue weighted by Gasteiger charge is -2.48. The quantitative estimate of drug-likeness (QED) is 0.642. The first-order valence-electron chi connectivity index (χ1n) is 11.4. The molecule has 1 fully saturated rings. The van der Waals surface area contributed by atoms with Gasteiger partial charge in [0, 0.05) is 6.54 Å². The second-order valence-electron chi connectivity index (χ2n) is 8.97. The number of nitrogens with zero attached hydrogens (tertiary/aromatic N) is 4. The van der Waals surface area contributed by atoms with Gasteiger partial charge in [0.2, 0.25) is 0 Å². The fourth-order valence-electron chi connectivity index (χ4n) is 5.11. The molecule has 1 atom stereocenters. The fraction of sp³-hybridized carbons (Fsp3) is 0.308. The summed E-state index contributed by atoms with van der Waals surface area (Å²) in [6, 6.07) is 12.4. The monoisotopic (exact) mass is 460 g/mol. The van der Waals surface area contributed by atoms with Crippen LogP contribution in [0.3, 0.4) is 0 Å². The highest BCUT2D eigenvalue weighted by Crippen LogP contribution is 2.38. The minimum absolute atomic E-state index is 0.162. The zero-order valence-corrected chi connectivity index (χ0v) is 18.9. The van der Waals surface area contributed by atoms with Gasteiger partial charge in [-0.3, -0.25) is 4.57 Å². The highest BCUT2D eigenvalue weighted by molar-refractivity contribution is 6.03. The van der Waals surface area contributed by atoms with Gasteiger partial charge in [0.1, 0.15) is 30.3 Å². The molecule has 0 spiro atoms. The average Bonchev–Trinajstić information content (AvgIpc) is 3.25. The van der Waals surface area contributed by atoms with Crippen molar-refractivity contribution in [2.24, 2.45) is 5.16 Å². The number of rotatable bonds is 3. The zero-order chi connectivity index (χ0) is 23.3. The molecule has 2 aromatic carbocycles. The molecular weight excluding hydrogens is 435 g/mol. The molecule has 3 aliphatic heterocycles. The average molecular weight is 461 g/mol. The highest BCUT2D eigenvalue weighted by Gasteiger charge is 2.45. The SMILES string of the molecule is Cc1ncn2c1COc1cc(/C=C3\CCCN4C3=NOC[C@]4(CO)c3ccc(F)cc3)ccc1-2. The van der Waals surface area contributed by atoms with Gasteiger partial charge < -0.3 is 19.6 Å². The van der Waals surface area contributed by atoms with E-state index in [1.165, 1.54) is 12.1 Å². The molecule has 0 aliphatic carbocycles. The molecular formula is C26H25FN4O3. The molecule has 34 heavy (non-hydrogen) atoms. The number of benzene rings is 2. The van der Waals surface area contributed by atoms with Crippen LogP contribution in [0, 0.1) is 12.7 Å². The molecule has 174 valence electrons. The summed E-state index contributed by atoms with van der Waals surface area (Å²) >= 11 is 0. The second kappa shape index (κ2) is 7.99. The third kappa shape index (κ3) is 3.20. The number of aliphatic hydroxyl groups excluding tert-OH is 1. The minimum atomic E-state index is -0.807. The Balaban J connectivity index is 1.35. The van der Waals surface area contributed by atoms with Gasteiger partial charge in [0.25, 0.3) is 0 Å². The Labute approximate surface area is 196 Å². The van der Waals surface area contributed by atoms with Crippen molar-refractivity contribution in [3.63, 3.8) is 0 Å². The van der Waals surface area contributed by atoms with Crippen molar-refractivity contribution in [3.05, 3.63) is 82.7 Å². The van der Waals surface area contributed by atoms with E-state index in [1.807, 2.05) is 25.4 Å². The molecule has 1 saturated heterocycles. The number of amidine groups is 1. The fourth-order valence-corrected chi connectivity index (χ4v) is 5.11. The van der Waals surface area contributed by atoms with Crippen molar-refractivity contribution in [3.8, 4) is 11.4 Å². The van der Waals surface area contributed by atoms with Gasteiger partial charge in [-0.2, -0.15) is 0 Å². The van der Waals surface area contributed by atoms with Crippen LogP contribution in [0.4, 0.5) is 4.39 Å². The van der Waals surface area contributed by atoms with Gasteiger partial charge in [0.15, 0.2) is 5.84 Å². The van der Waals surface area contributed by atoms with Gasteiger partial charge >= 0.3 is 0 Å². The number of imidazole rings is 1. The van der Waals surface area contributed by atoms with E-state index in [4.69, 9.17) is 9.57 Å². The van der Waals surface area contributed by atoms with Crippen LogP contribution in [0.1, 0.15) is 35.4 Å². The third-order valence-corrected chi connectivity index (χ3v) is 7.01. The van der Waals surface area contributed by atoms with Gasteiger partial charge in [0.05, 0.1) is 30.0 Å². The van der Waals surface area contributed by atoms with Crippen molar-refractivity contribution < 1.29 is 19.1 Å². The molecule has 6 rings (SSSR count). The lowest BCUT2D eigenvalue weighted by Crippen LogP contribution is -2.59. The zero-order valence-electron chi connectivity index (χ0n) is 18.9. The summed E-state index contributed by atoms with van der Waals surface area (Å²) < 4.78 is 21.7. The van der Waals surface area contributed by atoms with Crippen LogP contribution in [-0.4, -0.2) is 45.2 Å². The summed E-state index contributed by atoms with van der Waals surface area (Å²) in [6.45, 7) is 3.24. The van der Waals surface area contributed by atoms with Crippen molar-refractivity contribution >= 4 is 11.9 Å². The Morgan fingerprint density at radius 2 is 2.06 bits per heavy atom. The second-order valence-corrected chi connectivity index (χ2v) is 8.97. The van der Waals surface area contributed by atoms with Gasteiger partial charge in [-0.15, -0.1) is 0 Å². The van der Waals surface area contributed by atoms with E-state index in [0.717, 1.165) is 58.9 Å². The minimum Gasteiger partial charge on any atom is -0.485 e. The van der Waals surface area contributed by atoms with E-state index in [-0.39, 0.29) is 19.0 Å². The number of fused-ring (bicyclic) bond motifs is 4. The van der Waals surface area contributed by atoms with Crippen molar-refractivity contribution in [1.82, 2.24) is 14.5 Å². The lowest BCUT2D eigenvalue weighted by atomic mass is 9.85. The van der Waals surface area contributed by atoms with Crippen LogP contribution < -0.4 is 4.74 Å².